The SMILES string of the molecule is COc1cc(/C=N/NC(=O)CCCCCC(=O)N/N=C/c2ccc(OCc3ccccc3)c(OC)c2)ccc1OCc1ccccc1. The van der Waals surface area contributed by atoms with Gasteiger partial charge in [0.05, 0.1) is 26.6 Å². The van der Waals surface area contributed by atoms with E-state index in [-0.39, 0.29) is 11.8 Å². The number of nitrogens with one attached hydrogen (secondary N) is 2. The van der Waals surface area contributed by atoms with E-state index in [2.05, 4.69) is 21.1 Å². The molecule has 0 heterocycles. The molecule has 0 aromatic heterocycles. The third-order valence-corrected chi connectivity index (χ3v) is 6.96. The van der Waals surface area contributed by atoms with Crippen LogP contribution >= 0.6 is 0 Å². The van der Waals surface area contributed by atoms with Gasteiger partial charge in [-0.05, 0) is 71.5 Å². The first kappa shape index (κ1) is 34.2. The quantitative estimate of drug-likeness (QED) is 0.0740. The average molecular weight is 637 g/mol. The zero-order valence-corrected chi connectivity index (χ0v) is 26.7. The summed E-state index contributed by atoms with van der Waals surface area (Å²) < 4.78 is 22.7. The van der Waals surface area contributed by atoms with Gasteiger partial charge in [-0.1, -0.05) is 67.1 Å². The molecule has 0 bridgehead atoms. The minimum absolute atomic E-state index is 0.197. The lowest BCUT2D eigenvalue weighted by Crippen LogP contribution is -2.18. The molecule has 47 heavy (non-hydrogen) atoms. The van der Waals surface area contributed by atoms with Crippen LogP contribution in [0.4, 0.5) is 0 Å². The highest BCUT2D eigenvalue weighted by Crippen LogP contribution is 2.29. The summed E-state index contributed by atoms with van der Waals surface area (Å²) in [5.41, 5.74) is 8.71. The Balaban J connectivity index is 1.09. The number of hydrogen-bond acceptors (Lipinski definition) is 8. The summed E-state index contributed by atoms with van der Waals surface area (Å²) >= 11 is 0. The zero-order valence-electron chi connectivity index (χ0n) is 26.7. The molecule has 10 nitrogen and oxygen atoms in total. The molecule has 2 amide bonds. The third kappa shape index (κ3) is 12.0. The van der Waals surface area contributed by atoms with Crippen molar-refractivity contribution < 1.29 is 28.5 Å². The molecule has 0 saturated carbocycles. The molecule has 4 rings (SSSR count). The Morgan fingerprint density at radius 1 is 0.574 bits per heavy atom. The summed E-state index contributed by atoms with van der Waals surface area (Å²) in [5.74, 6) is 1.99. The van der Waals surface area contributed by atoms with Gasteiger partial charge in [0, 0.05) is 12.8 Å². The first-order valence-corrected chi connectivity index (χ1v) is 15.4. The van der Waals surface area contributed by atoms with Crippen molar-refractivity contribution in [1.29, 1.82) is 0 Å². The van der Waals surface area contributed by atoms with Crippen LogP contribution in [0.1, 0.15) is 54.4 Å². The van der Waals surface area contributed by atoms with E-state index in [4.69, 9.17) is 18.9 Å². The Labute approximate surface area is 275 Å². The van der Waals surface area contributed by atoms with Crippen molar-refractivity contribution in [3.8, 4) is 23.0 Å². The van der Waals surface area contributed by atoms with E-state index < -0.39 is 0 Å². The summed E-state index contributed by atoms with van der Waals surface area (Å²) in [6.45, 7) is 0.856. The van der Waals surface area contributed by atoms with Crippen molar-refractivity contribution in [2.24, 2.45) is 10.2 Å². The molecule has 0 aliphatic heterocycles. The van der Waals surface area contributed by atoms with Gasteiger partial charge >= 0.3 is 0 Å². The van der Waals surface area contributed by atoms with Crippen LogP contribution in [0.2, 0.25) is 0 Å². The number of amides is 2. The van der Waals surface area contributed by atoms with E-state index >= 15 is 0 Å². The number of ether oxygens (including phenoxy) is 4. The van der Waals surface area contributed by atoms with E-state index in [9.17, 15) is 9.59 Å². The standard InChI is InChI=1S/C37H40N4O6/c1-44-34-22-30(18-20-32(34)46-26-28-12-6-3-7-13-28)24-38-40-36(42)16-10-5-11-17-37(43)41-39-25-31-19-21-33(35(23-31)45-2)47-27-29-14-8-4-9-15-29/h3-4,6-9,12-15,18-25H,5,10-11,16-17,26-27H2,1-2H3,(H,40,42)(H,41,43)/b38-24+,39-25+. The fourth-order valence-electron chi connectivity index (χ4n) is 4.46. The van der Waals surface area contributed by atoms with E-state index in [1.54, 1.807) is 38.8 Å². The van der Waals surface area contributed by atoms with Crippen LogP contribution in [-0.2, 0) is 22.8 Å². The van der Waals surface area contributed by atoms with Gasteiger partial charge < -0.3 is 18.9 Å². The average Bonchev–Trinajstić information content (AvgIpc) is 3.11. The molecule has 0 saturated heterocycles. The van der Waals surface area contributed by atoms with Crippen molar-refractivity contribution in [1.82, 2.24) is 10.9 Å². The highest BCUT2D eigenvalue weighted by molar-refractivity contribution is 5.84. The Bertz CT molecular complexity index is 1510. The van der Waals surface area contributed by atoms with Crippen LogP contribution in [0.3, 0.4) is 0 Å². The van der Waals surface area contributed by atoms with E-state index in [1.807, 2.05) is 84.9 Å². The number of hydrazone groups is 2. The lowest BCUT2D eigenvalue weighted by molar-refractivity contribution is -0.121. The lowest BCUT2D eigenvalue weighted by Gasteiger charge is -2.11. The van der Waals surface area contributed by atoms with Crippen LogP contribution in [0, 0.1) is 0 Å². The number of rotatable bonds is 18. The van der Waals surface area contributed by atoms with Crippen LogP contribution in [-0.4, -0.2) is 38.5 Å². The van der Waals surface area contributed by atoms with Gasteiger partial charge in [-0.2, -0.15) is 10.2 Å². The number of carbonyl (C=O) groups excluding carboxylic acids is 2. The molecule has 0 unspecified atom stereocenters. The molecule has 0 aliphatic rings. The minimum Gasteiger partial charge on any atom is -0.493 e. The van der Waals surface area contributed by atoms with Gasteiger partial charge in [0.1, 0.15) is 13.2 Å². The van der Waals surface area contributed by atoms with Gasteiger partial charge in [0.15, 0.2) is 23.0 Å². The molecular weight excluding hydrogens is 596 g/mol. The Kier molecular flexibility index (Phi) is 13.8. The summed E-state index contributed by atoms with van der Waals surface area (Å²) in [6.07, 6.45) is 5.71. The van der Waals surface area contributed by atoms with Gasteiger partial charge in [-0.15, -0.1) is 0 Å². The topological polar surface area (TPSA) is 120 Å². The van der Waals surface area contributed by atoms with Crippen molar-refractivity contribution in [2.45, 2.75) is 45.3 Å². The Hall–Kier alpha value is -5.64. The molecule has 0 aliphatic carbocycles. The highest BCUT2D eigenvalue weighted by atomic mass is 16.5. The van der Waals surface area contributed by atoms with Gasteiger partial charge in [-0.3, -0.25) is 9.59 Å². The summed E-state index contributed by atoms with van der Waals surface area (Å²) in [7, 11) is 3.15. The van der Waals surface area contributed by atoms with E-state index in [0.717, 1.165) is 28.7 Å². The number of unbranched alkanes of at least 4 members (excludes halogenated alkanes) is 2. The summed E-state index contributed by atoms with van der Waals surface area (Å²) in [4.78, 5) is 24.4. The second-order valence-corrected chi connectivity index (χ2v) is 10.5. The highest BCUT2D eigenvalue weighted by Gasteiger charge is 2.08. The van der Waals surface area contributed by atoms with Crippen LogP contribution in [0.25, 0.3) is 0 Å². The number of hydrogen-bond donors (Lipinski definition) is 2. The molecule has 4 aromatic rings. The first-order chi connectivity index (χ1) is 23.0. The number of methoxy groups -OCH3 is 2. The number of benzene rings is 4. The molecular formula is C37H40N4O6. The maximum Gasteiger partial charge on any atom is 0.240 e. The predicted octanol–water partition coefficient (Wildman–Crippen LogP) is 6.41. The summed E-state index contributed by atoms with van der Waals surface area (Å²) in [6, 6.07) is 30.6. The molecule has 0 atom stereocenters. The maximum absolute atomic E-state index is 12.2. The normalized spacial score (nSPS) is 10.9. The molecule has 0 radical (unpaired) electrons. The third-order valence-electron chi connectivity index (χ3n) is 6.96. The van der Waals surface area contributed by atoms with Gasteiger partial charge in [-0.25, -0.2) is 10.9 Å². The fraction of sp³-hybridized carbons (Fsp3) is 0.243. The van der Waals surface area contributed by atoms with Gasteiger partial charge in [0.2, 0.25) is 11.8 Å². The molecule has 244 valence electrons. The maximum atomic E-state index is 12.2. The zero-order chi connectivity index (χ0) is 33.1. The monoisotopic (exact) mass is 636 g/mol. The number of nitrogens with zero attached hydrogens (tertiary/aromatic N) is 2. The van der Waals surface area contributed by atoms with E-state index in [0.29, 0.717) is 61.9 Å². The molecule has 0 fully saturated rings. The van der Waals surface area contributed by atoms with Crippen molar-refractivity contribution in [3.05, 3.63) is 119 Å². The van der Waals surface area contributed by atoms with E-state index in [1.165, 1.54) is 0 Å². The van der Waals surface area contributed by atoms with Crippen LogP contribution in [0.15, 0.2) is 107 Å². The molecule has 2 N–H and O–H groups in total. The van der Waals surface area contributed by atoms with Gasteiger partial charge in [0.25, 0.3) is 0 Å². The second-order valence-electron chi connectivity index (χ2n) is 10.5. The summed E-state index contributed by atoms with van der Waals surface area (Å²) in [5, 5.41) is 8.10. The molecule has 0 spiro atoms. The minimum atomic E-state index is -0.197. The Morgan fingerprint density at radius 3 is 1.40 bits per heavy atom. The van der Waals surface area contributed by atoms with Crippen molar-refractivity contribution in [3.63, 3.8) is 0 Å². The van der Waals surface area contributed by atoms with Crippen LogP contribution < -0.4 is 29.8 Å². The Morgan fingerprint density at radius 2 is 1.00 bits per heavy atom. The second kappa shape index (κ2) is 19.0. The van der Waals surface area contributed by atoms with Crippen molar-refractivity contribution >= 4 is 24.2 Å². The number of carbonyl (C=O) groups is 2. The molecule has 4 aromatic carbocycles. The first-order valence-electron chi connectivity index (χ1n) is 15.4. The fourth-order valence-corrected chi connectivity index (χ4v) is 4.46. The lowest BCUT2D eigenvalue weighted by atomic mass is 10.1. The smallest absolute Gasteiger partial charge is 0.240 e. The molecule has 10 heteroatoms. The van der Waals surface area contributed by atoms with Crippen molar-refractivity contribution in [2.75, 3.05) is 14.2 Å². The van der Waals surface area contributed by atoms with Crippen LogP contribution in [0.5, 0.6) is 23.0 Å². The predicted molar refractivity (Wildman–Crippen MR) is 182 cm³/mol. The largest absolute Gasteiger partial charge is 0.493 e.